The molecule has 166 valence electrons. The Morgan fingerprint density at radius 3 is 2.35 bits per heavy atom. The Morgan fingerprint density at radius 1 is 1.00 bits per heavy atom. The van der Waals surface area contributed by atoms with E-state index in [1.165, 1.54) is 6.42 Å². The minimum Gasteiger partial charge on any atom is -0.370 e. The van der Waals surface area contributed by atoms with Gasteiger partial charge in [0.1, 0.15) is 0 Å². The summed E-state index contributed by atoms with van der Waals surface area (Å²) in [5.41, 5.74) is 8.53. The van der Waals surface area contributed by atoms with E-state index in [-0.39, 0.29) is 6.03 Å². The standard InChI is InChI=1S/C24H33N5O2/c1-27(2)15-16-29(18-19-9-5-3-6-10-19)24(31)26-21-17-20(23(25)30)11-12-22(21)28-13-7-4-8-14-28/h3,5-6,9-12,17H,4,7-8,13-16,18H2,1-2H3,(H2,25,30)(H,26,31). The van der Waals surface area contributed by atoms with Crippen LogP contribution in [0.25, 0.3) is 0 Å². The molecule has 3 N–H and O–H groups in total. The van der Waals surface area contributed by atoms with Crippen LogP contribution in [0.3, 0.4) is 0 Å². The van der Waals surface area contributed by atoms with Gasteiger partial charge < -0.3 is 25.8 Å². The van der Waals surface area contributed by atoms with Gasteiger partial charge in [-0.2, -0.15) is 0 Å². The van der Waals surface area contributed by atoms with Crippen LogP contribution in [0.1, 0.15) is 35.2 Å². The molecule has 0 aromatic heterocycles. The second kappa shape index (κ2) is 10.8. The Labute approximate surface area is 184 Å². The molecular formula is C24H33N5O2. The van der Waals surface area contributed by atoms with E-state index in [0.29, 0.717) is 24.3 Å². The van der Waals surface area contributed by atoms with E-state index in [4.69, 9.17) is 5.73 Å². The molecule has 0 radical (unpaired) electrons. The largest absolute Gasteiger partial charge is 0.370 e. The van der Waals surface area contributed by atoms with E-state index < -0.39 is 5.91 Å². The lowest BCUT2D eigenvalue weighted by atomic mass is 10.1. The molecule has 1 fully saturated rings. The summed E-state index contributed by atoms with van der Waals surface area (Å²) in [6.45, 7) is 3.72. The lowest BCUT2D eigenvalue weighted by Crippen LogP contribution is -2.39. The number of nitrogens with zero attached hydrogens (tertiary/aromatic N) is 3. The molecule has 1 aliphatic heterocycles. The highest BCUT2D eigenvalue weighted by molar-refractivity contribution is 5.99. The van der Waals surface area contributed by atoms with Crippen molar-refractivity contribution >= 4 is 23.3 Å². The Balaban J connectivity index is 1.84. The lowest BCUT2D eigenvalue weighted by Gasteiger charge is -2.31. The van der Waals surface area contributed by atoms with E-state index in [2.05, 4.69) is 15.1 Å². The average molecular weight is 424 g/mol. The van der Waals surface area contributed by atoms with Gasteiger partial charge in [-0.25, -0.2) is 4.79 Å². The molecule has 0 atom stereocenters. The van der Waals surface area contributed by atoms with Crippen LogP contribution in [0, 0.1) is 0 Å². The highest BCUT2D eigenvalue weighted by Crippen LogP contribution is 2.30. The molecule has 7 heteroatoms. The first-order valence-electron chi connectivity index (χ1n) is 10.9. The zero-order valence-electron chi connectivity index (χ0n) is 18.5. The topological polar surface area (TPSA) is 81.9 Å². The number of urea groups is 1. The van der Waals surface area contributed by atoms with Gasteiger partial charge in [0.25, 0.3) is 0 Å². The Morgan fingerprint density at radius 2 is 1.71 bits per heavy atom. The number of nitrogens with one attached hydrogen (secondary N) is 1. The number of benzene rings is 2. The van der Waals surface area contributed by atoms with Crippen molar-refractivity contribution in [1.82, 2.24) is 9.80 Å². The van der Waals surface area contributed by atoms with Gasteiger partial charge in [0.2, 0.25) is 5.91 Å². The van der Waals surface area contributed by atoms with Crippen LogP contribution in [0.5, 0.6) is 0 Å². The first-order valence-corrected chi connectivity index (χ1v) is 10.9. The fourth-order valence-corrected chi connectivity index (χ4v) is 3.77. The van der Waals surface area contributed by atoms with Gasteiger partial charge in [0.15, 0.2) is 0 Å². The number of piperidine rings is 1. The van der Waals surface area contributed by atoms with Gasteiger partial charge in [-0.1, -0.05) is 30.3 Å². The number of anilines is 2. The highest BCUT2D eigenvalue weighted by atomic mass is 16.2. The Bertz CT molecular complexity index is 879. The van der Waals surface area contributed by atoms with E-state index in [1.807, 2.05) is 50.5 Å². The third-order valence-electron chi connectivity index (χ3n) is 5.54. The molecule has 2 aromatic rings. The third kappa shape index (κ3) is 6.46. The van der Waals surface area contributed by atoms with Gasteiger partial charge in [-0.15, -0.1) is 0 Å². The second-order valence-corrected chi connectivity index (χ2v) is 8.28. The monoisotopic (exact) mass is 423 g/mol. The predicted octanol–water partition coefficient (Wildman–Crippen LogP) is 3.37. The van der Waals surface area contributed by atoms with Crippen molar-refractivity contribution in [2.45, 2.75) is 25.8 Å². The number of hydrogen-bond acceptors (Lipinski definition) is 4. The van der Waals surface area contributed by atoms with Crippen LogP contribution in [-0.2, 0) is 6.54 Å². The van der Waals surface area contributed by atoms with Crippen molar-refractivity contribution in [3.63, 3.8) is 0 Å². The van der Waals surface area contributed by atoms with Crippen LogP contribution >= 0.6 is 0 Å². The van der Waals surface area contributed by atoms with Crippen molar-refractivity contribution < 1.29 is 9.59 Å². The van der Waals surface area contributed by atoms with Gasteiger partial charge >= 0.3 is 6.03 Å². The molecule has 3 rings (SSSR count). The molecule has 2 aromatic carbocycles. The first-order chi connectivity index (χ1) is 14.9. The van der Waals surface area contributed by atoms with Gasteiger partial charge in [-0.3, -0.25) is 4.79 Å². The number of likely N-dealkylation sites (N-methyl/N-ethyl adjacent to an activating group) is 1. The van der Waals surface area contributed by atoms with Crippen LogP contribution in [0.2, 0.25) is 0 Å². The van der Waals surface area contributed by atoms with E-state index in [0.717, 1.165) is 43.7 Å². The van der Waals surface area contributed by atoms with Crippen LogP contribution < -0.4 is 16.0 Å². The maximum absolute atomic E-state index is 13.3. The van der Waals surface area contributed by atoms with Gasteiger partial charge in [0, 0.05) is 38.3 Å². The van der Waals surface area contributed by atoms with Crippen LogP contribution in [-0.4, -0.2) is 62.0 Å². The average Bonchev–Trinajstić information content (AvgIpc) is 2.77. The normalized spacial score (nSPS) is 13.8. The van der Waals surface area contributed by atoms with Crippen molar-refractivity contribution in [3.05, 3.63) is 59.7 Å². The summed E-state index contributed by atoms with van der Waals surface area (Å²) >= 11 is 0. The second-order valence-electron chi connectivity index (χ2n) is 8.28. The number of amides is 3. The summed E-state index contributed by atoms with van der Waals surface area (Å²) in [4.78, 5) is 31.2. The molecule has 0 bridgehead atoms. The van der Waals surface area contributed by atoms with Crippen LogP contribution in [0.15, 0.2) is 48.5 Å². The molecule has 0 saturated carbocycles. The van der Waals surface area contributed by atoms with Crippen molar-refractivity contribution in [2.24, 2.45) is 5.73 Å². The fourth-order valence-electron chi connectivity index (χ4n) is 3.77. The number of nitrogens with two attached hydrogens (primary N) is 1. The molecule has 0 aliphatic carbocycles. The van der Waals surface area contributed by atoms with E-state index in [9.17, 15) is 9.59 Å². The van der Waals surface area contributed by atoms with Gasteiger partial charge in [0.05, 0.1) is 11.4 Å². The SMILES string of the molecule is CN(C)CCN(Cc1ccccc1)C(=O)Nc1cc(C(N)=O)ccc1N1CCCCC1. The number of primary amides is 1. The third-order valence-corrected chi connectivity index (χ3v) is 5.54. The molecule has 31 heavy (non-hydrogen) atoms. The Hall–Kier alpha value is -3.06. The van der Waals surface area contributed by atoms with Crippen molar-refractivity contribution in [2.75, 3.05) is 50.5 Å². The smallest absolute Gasteiger partial charge is 0.322 e. The zero-order valence-corrected chi connectivity index (χ0v) is 18.5. The minimum absolute atomic E-state index is 0.189. The highest BCUT2D eigenvalue weighted by Gasteiger charge is 2.20. The molecule has 3 amide bonds. The summed E-state index contributed by atoms with van der Waals surface area (Å²) in [6.07, 6.45) is 3.45. The molecule has 0 spiro atoms. The quantitative estimate of drug-likeness (QED) is 0.682. The number of rotatable bonds is 8. The zero-order chi connectivity index (χ0) is 22.2. The van der Waals surface area contributed by atoms with Gasteiger partial charge in [-0.05, 0) is 57.1 Å². The van der Waals surface area contributed by atoms with Crippen LogP contribution in [0.4, 0.5) is 16.2 Å². The summed E-state index contributed by atoms with van der Waals surface area (Å²) in [5.74, 6) is -0.505. The lowest BCUT2D eigenvalue weighted by molar-refractivity contribution is 0.1000. The minimum atomic E-state index is -0.505. The molecule has 7 nitrogen and oxygen atoms in total. The maximum Gasteiger partial charge on any atom is 0.322 e. The molecule has 1 heterocycles. The molecule has 0 unspecified atom stereocenters. The summed E-state index contributed by atoms with van der Waals surface area (Å²) in [7, 11) is 3.98. The molecular weight excluding hydrogens is 390 g/mol. The first kappa shape index (κ1) is 22.6. The summed E-state index contributed by atoms with van der Waals surface area (Å²) in [5, 5.41) is 3.07. The van der Waals surface area contributed by atoms with E-state index >= 15 is 0 Å². The van der Waals surface area contributed by atoms with Crippen molar-refractivity contribution in [1.29, 1.82) is 0 Å². The maximum atomic E-state index is 13.3. The summed E-state index contributed by atoms with van der Waals surface area (Å²) < 4.78 is 0. The number of hydrogen-bond donors (Lipinski definition) is 2. The predicted molar refractivity (Wildman–Crippen MR) is 125 cm³/mol. The number of carbonyl (C=O) groups is 2. The van der Waals surface area contributed by atoms with Crippen molar-refractivity contribution in [3.8, 4) is 0 Å². The number of carbonyl (C=O) groups excluding carboxylic acids is 2. The fraction of sp³-hybridized carbons (Fsp3) is 0.417. The summed E-state index contributed by atoms with van der Waals surface area (Å²) in [6, 6.07) is 15.1. The molecule has 1 aliphatic rings. The Kier molecular flexibility index (Phi) is 7.89. The van der Waals surface area contributed by atoms with E-state index in [1.54, 1.807) is 17.0 Å². The molecule has 1 saturated heterocycles.